The van der Waals surface area contributed by atoms with Crippen LogP contribution in [-0.4, -0.2) is 42.3 Å². The van der Waals surface area contributed by atoms with Crippen molar-refractivity contribution in [1.82, 2.24) is 29.9 Å². The minimum Gasteiger partial charge on any atom is -0.353 e. The lowest BCUT2D eigenvalue weighted by atomic mass is 10.2. The zero-order valence-corrected chi connectivity index (χ0v) is 15.5. The largest absolute Gasteiger partial charge is 0.353 e. The lowest BCUT2D eigenvalue weighted by Gasteiger charge is -2.09. The van der Waals surface area contributed by atoms with Crippen molar-refractivity contribution in [1.29, 1.82) is 0 Å². The molecule has 0 aromatic carbocycles. The molecule has 0 atom stereocenters. The predicted octanol–water partition coefficient (Wildman–Crippen LogP) is 2.42. The summed E-state index contributed by atoms with van der Waals surface area (Å²) in [5.74, 6) is 0.260. The lowest BCUT2D eigenvalue weighted by molar-refractivity contribution is -0.119. The number of fused-ring (bicyclic) bond motifs is 1. The molecule has 0 unspecified atom stereocenters. The van der Waals surface area contributed by atoms with Gasteiger partial charge in [0.15, 0.2) is 10.8 Å². The van der Waals surface area contributed by atoms with Gasteiger partial charge >= 0.3 is 0 Å². The molecule has 25 heavy (non-hydrogen) atoms. The van der Waals surface area contributed by atoms with Gasteiger partial charge in [0.25, 0.3) is 0 Å². The maximum Gasteiger partial charge on any atom is 0.230 e. The van der Waals surface area contributed by atoms with Crippen LogP contribution in [0, 0.1) is 13.8 Å². The fraction of sp³-hybridized carbons (Fsp3) is 0.353. The summed E-state index contributed by atoms with van der Waals surface area (Å²) in [5.41, 5.74) is 4.36. The number of aromatic nitrogens is 5. The normalized spacial score (nSPS) is 11.2. The highest BCUT2D eigenvalue weighted by molar-refractivity contribution is 7.99. The molecule has 1 amide bonds. The van der Waals surface area contributed by atoms with Crippen LogP contribution in [0.2, 0.25) is 0 Å². The van der Waals surface area contributed by atoms with E-state index in [0.717, 1.165) is 28.3 Å². The number of nitrogens with one attached hydrogen (secondary N) is 1. The number of rotatable bonds is 5. The molecular formula is C17H20N6OS. The van der Waals surface area contributed by atoms with Crippen molar-refractivity contribution >= 4 is 23.3 Å². The summed E-state index contributed by atoms with van der Waals surface area (Å²) in [6.45, 7) is 7.79. The summed E-state index contributed by atoms with van der Waals surface area (Å²) in [7, 11) is 0. The third-order valence-corrected chi connectivity index (χ3v) is 4.40. The molecule has 3 rings (SSSR count). The average molecular weight is 356 g/mol. The van der Waals surface area contributed by atoms with Crippen LogP contribution in [0.4, 0.5) is 0 Å². The van der Waals surface area contributed by atoms with E-state index in [4.69, 9.17) is 0 Å². The summed E-state index contributed by atoms with van der Waals surface area (Å²) in [6, 6.07) is 3.90. The molecule has 0 aliphatic heterocycles. The van der Waals surface area contributed by atoms with Crippen molar-refractivity contribution in [2.75, 3.05) is 5.75 Å². The van der Waals surface area contributed by atoms with Crippen LogP contribution < -0.4 is 5.32 Å². The van der Waals surface area contributed by atoms with E-state index >= 15 is 0 Å². The molecule has 0 fully saturated rings. The number of aryl methyl sites for hydroxylation is 2. The van der Waals surface area contributed by atoms with Gasteiger partial charge in [-0.15, -0.1) is 0 Å². The van der Waals surface area contributed by atoms with Gasteiger partial charge in [-0.2, -0.15) is 5.10 Å². The zero-order chi connectivity index (χ0) is 18.0. The first kappa shape index (κ1) is 17.3. The van der Waals surface area contributed by atoms with E-state index in [1.807, 2.05) is 44.3 Å². The number of hydrogen-bond acceptors (Lipinski definition) is 6. The van der Waals surface area contributed by atoms with Crippen molar-refractivity contribution in [2.45, 2.75) is 38.9 Å². The third-order valence-electron chi connectivity index (χ3n) is 3.54. The van der Waals surface area contributed by atoms with Gasteiger partial charge in [-0.25, -0.2) is 19.5 Å². The van der Waals surface area contributed by atoms with Crippen molar-refractivity contribution < 1.29 is 4.79 Å². The molecule has 8 heteroatoms. The number of thioether (sulfide) groups is 1. The van der Waals surface area contributed by atoms with Crippen LogP contribution in [-0.2, 0) is 4.79 Å². The van der Waals surface area contributed by atoms with E-state index in [9.17, 15) is 4.79 Å². The SMILES string of the molecule is Cc1cc2ncc(-c3ccnc(SCC(=O)NC(C)C)n3)c(C)n2n1. The fourth-order valence-electron chi connectivity index (χ4n) is 2.47. The van der Waals surface area contributed by atoms with Gasteiger partial charge in [0.1, 0.15) is 0 Å². The van der Waals surface area contributed by atoms with Gasteiger partial charge in [-0.1, -0.05) is 11.8 Å². The molecule has 0 bridgehead atoms. The first-order valence-electron chi connectivity index (χ1n) is 8.01. The average Bonchev–Trinajstić information content (AvgIpc) is 2.94. The van der Waals surface area contributed by atoms with Gasteiger partial charge in [0.2, 0.25) is 5.91 Å². The number of carbonyl (C=O) groups excluding carboxylic acids is 1. The summed E-state index contributed by atoms with van der Waals surface area (Å²) in [6.07, 6.45) is 3.50. The molecular weight excluding hydrogens is 336 g/mol. The van der Waals surface area contributed by atoms with E-state index in [1.165, 1.54) is 11.8 Å². The Bertz CT molecular complexity index is 921. The third kappa shape index (κ3) is 3.96. The Morgan fingerprint density at radius 3 is 2.88 bits per heavy atom. The van der Waals surface area contributed by atoms with E-state index in [1.54, 1.807) is 12.4 Å². The van der Waals surface area contributed by atoms with Crippen molar-refractivity contribution in [3.8, 4) is 11.3 Å². The van der Waals surface area contributed by atoms with Gasteiger partial charge < -0.3 is 5.32 Å². The first-order valence-corrected chi connectivity index (χ1v) is 9.00. The number of nitrogens with zero attached hydrogens (tertiary/aromatic N) is 5. The second-order valence-electron chi connectivity index (χ2n) is 6.05. The highest BCUT2D eigenvalue weighted by Crippen LogP contribution is 2.23. The van der Waals surface area contributed by atoms with Crippen molar-refractivity contribution in [3.63, 3.8) is 0 Å². The molecule has 7 nitrogen and oxygen atoms in total. The Labute approximate surface area is 150 Å². The number of amides is 1. The van der Waals surface area contributed by atoms with Crippen LogP contribution in [0.15, 0.2) is 29.7 Å². The minimum absolute atomic E-state index is 0.0275. The highest BCUT2D eigenvalue weighted by Gasteiger charge is 2.12. The monoisotopic (exact) mass is 356 g/mol. The van der Waals surface area contributed by atoms with E-state index < -0.39 is 0 Å². The molecule has 0 aliphatic rings. The molecule has 1 N–H and O–H groups in total. The zero-order valence-electron chi connectivity index (χ0n) is 14.6. The second kappa shape index (κ2) is 7.18. The van der Waals surface area contributed by atoms with Crippen LogP contribution in [0.3, 0.4) is 0 Å². The highest BCUT2D eigenvalue weighted by atomic mass is 32.2. The number of carbonyl (C=O) groups is 1. The molecule has 3 heterocycles. The fourth-order valence-corrected chi connectivity index (χ4v) is 3.11. The summed E-state index contributed by atoms with van der Waals surface area (Å²) < 4.78 is 1.82. The molecule has 0 radical (unpaired) electrons. The molecule has 0 saturated carbocycles. The molecule has 0 aliphatic carbocycles. The Hall–Kier alpha value is -2.48. The maximum absolute atomic E-state index is 11.8. The van der Waals surface area contributed by atoms with Gasteiger partial charge in [0.05, 0.1) is 22.8 Å². The topological polar surface area (TPSA) is 85.1 Å². The number of hydrogen-bond donors (Lipinski definition) is 1. The quantitative estimate of drug-likeness (QED) is 0.558. The summed E-state index contributed by atoms with van der Waals surface area (Å²) >= 11 is 1.32. The van der Waals surface area contributed by atoms with Gasteiger partial charge in [0, 0.05) is 30.1 Å². The Balaban J connectivity index is 1.84. The predicted molar refractivity (Wildman–Crippen MR) is 97.5 cm³/mol. The Morgan fingerprint density at radius 2 is 2.12 bits per heavy atom. The molecule has 130 valence electrons. The first-order chi connectivity index (χ1) is 11.9. The van der Waals surface area contributed by atoms with Crippen LogP contribution in [0.25, 0.3) is 16.9 Å². The van der Waals surface area contributed by atoms with Crippen LogP contribution in [0.1, 0.15) is 25.2 Å². The van der Waals surface area contributed by atoms with Crippen LogP contribution in [0.5, 0.6) is 0 Å². The molecule has 3 aromatic rings. The van der Waals surface area contributed by atoms with Crippen molar-refractivity contribution in [3.05, 3.63) is 35.9 Å². The van der Waals surface area contributed by atoms with Crippen molar-refractivity contribution in [2.24, 2.45) is 0 Å². The molecule has 0 saturated heterocycles. The summed E-state index contributed by atoms with van der Waals surface area (Å²) in [4.78, 5) is 25.0. The van der Waals surface area contributed by atoms with Crippen LogP contribution >= 0.6 is 11.8 Å². The minimum atomic E-state index is -0.0275. The van der Waals surface area contributed by atoms with Gasteiger partial charge in [-0.3, -0.25) is 4.79 Å². The second-order valence-corrected chi connectivity index (χ2v) is 6.99. The summed E-state index contributed by atoms with van der Waals surface area (Å²) in [5, 5.41) is 7.88. The Kier molecular flexibility index (Phi) is 4.98. The lowest BCUT2D eigenvalue weighted by Crippen LogP contribution is -2.31. The van der Waals surface area contributed by atoms with Gasteiger partial charge in [-0.05, 0) is 33.8 Å². The van der Waals surface area contributed by atoms with E-state index in [0.29, 0.717) is 5.16 Å². The smallest absolute Gasteiger partial charge is 0.230 e. The molecule has 0 spiro atoms. The maximum atomic E-state index is 11.8. The Morgan fingerprint density at radius 1 is 1.32 bits per heavy atom. The van der Waals surface area contributed by atoms with E-state index in [-0.39, 0.29) is 17.7 Å². The standard InChI is InChI=1S/C17H20N6OS/c1-10(2)20-16(24)9-25-17-18-6-5-14(21-17)13-8-19-15-7-11(3)22-23(15)12(13)4/h5-8,10H,9H2,1-4H3,(H,20,24). The molecule has 3 aromatic heterocycles. The van der Waals surface area contributed by atoms with E-state index in [2.05, 4.69) is 25.4 Å².